The summed E-state index contributed by atoms with van der Waals surface area (Å²) in [4.78, 5) is 10.4. The van der Waals surface area contributed by atoms with Gasteiger partial charge in [0.15, 0.2) is 0 Å². The van der Waals surface area contributed by atoms with E-state index in [0.717, 1.165) is 5.56 Å². The molecule has 0 spiro atoms. The minimum atomic E-state index is -1.05. The second-order valence-electron chi connectivity index (χ2n) is 3.17. The molecule has 0 bridgehead atoms. The van der Waals surface area contributed by atoms with Crippen molar-refractivity contribution < 1.29 is 9.90 Å². The molecule has 0 saturated carbocycles. The molecule has 1 rings (SSSR count). The smallest absolute Gasteiger partial charge is 0.404 e. The van der Waals surface area contributed by atoms with E-state index < -0.39 is 6.09 Å². The molecule has 0 aliphatic rings. The maximum atomic E-state index is 10.4. The second-order valence-corrected chi connectivity index (χ2v) is 3.17. The SMILES string of the molecule is C[C@H](NC(=O)O)[C@H](N)c1ccccc1. The van der Waals surface area contributed by atoms with Crippen LogP contribution in [0, 0.1) is 0 Å². The zero-order valence-electron chi connectivity index (χ0n) is 7.97. The van der Waals surface area contributed by atoms with E-state index in [1.165, 1.54) is 0 Å². The van der Waals surface area contributed by atoms with Crippen LogP contribution in [0.25, 0.3) is 0 Å². The molecule has 0 aliphatic carbocycles. The zero-order valence-corrected chi connectivity index (χ0v) is 7.97. The maximum Gasteiger partial charge on any atom is 0.404 e. The maximum absolute atomic E-state index is 10.4. The summed E-state index contributed by atoms with van der Waals surface area (Å²) < 4.78 is 0. The lowest BCUT2D eigenvalue weighted by Gasteiger charge is -2.19. The summed E-state index contributed by atoms with van der Waals surface area (Å²) in [5.41, 5.74) is 6.79. The molecule has 0 heterocycles. The highest BCUT2D eigenvalue weighted by Gasteiger charge is 2.15. The number of nitrogens with one attached hydrogen (secondary N) is 1. The molecule has 14 heavy (non-hydrogen) atoms. The van der Waals surface area contributed by atoms with Gasteiger partial charge in [0.2, 0.25) is 0 Å². The Balaban J connectivity index is 2.65. The fourth-order valence-electron chi connectivity index (χ4n) is 1.25. The Morgan fingerprint density at radius 1 is 1.43 bits per heavy atom. The van der Waals surface area contributed by atoms with Crippen LogP contribution < -0.4 is 11.1 Å². The normalized spacial score (nSPS) is 14.4. The first-order valence-corrected chi connectivity index (χ1v) is 4.41. The standard InChI is InChI=1S/C10H14N2O2/c1-7(12-10(13)14)9(11)8-5-3-2-4-6-8/h2-7,9,12H,11H2,1H3,(H,13,14)/t7-,9-/m0/s1. The summed E-state index contributed by atoms with van der Waals surface area (Å²) in [7, 11) is 0. The first-order valence-electron chi connectivity index (χ1n) is 4.41. The molecule has 0 radical (unpaired) electrons. The van der Waals surface area contributed by atoms with E-state index >= 15 is 0 Å². The highest BCUT2D eigenvalue weighted by Crippen LogP contribution is 2.12. The summed E-state index contributed by atoms with van der Waals surface area (Å²) in [6, 6.07) is 8.80. The van der Waals surface area contributed by atoms with Crippen molar-refractivity contribution in [3.05, 3.63) is 35.9 Å². The first kappa shape index (κ1) is 10.5. The fraction of sp³-hybridized carbons (Fsp3) is 0.300. The molecule has 0 fully saturated rings. The minimum absolute atomic E-state index is 0.296. The predicted octanol–water partition coefficient (Wildman–Crippen LogP) is 1.34. The minimum Gasteiger partial charge on any atom is -0.465 e. The van der Waals surface area contributed by atoms with E-state index in [-0.39, 0.29) is 12.1 Å². The van der Waals surface area contributed by atoms with Gasteiger partial charge in [-0.05, 0) is 12.5 Å². The van der Waals surface area contributed by atoms with Crippen LogP contribution in [0.1, 0.15) is 18.5 Å². The molecular formula is C10H14N2O2. The van der Waals surface area contributed by atoms with Crippen molar-refractivity contribution >= 4 is 6.09 Å². The average molecular weight is 194 g/mol. The summed E-state index contributed by atoms with van der Waals surface area (Å²) in [6.45, 7) is 1.74. The van der Waals surface area contributed by atoms with Crippen LogP contribution in [0.2, 0.25) is 0 Å². The van der Waals surface area contributed by atoms with Crippen molar-refractivity contribution in [2.45, 2.75) is 19.0 Å². The van der Waals surface area contributed by atoms with Gasteiger partial charge in [-0.3, -0.25) is 0 Å². The van der Waals surface area contributed by atoms with Gasteiger partial charge in [-0.2, -0.15) is 0 Å². The molecule has 1 aromatic carbocycles. The predicted molar refractivity (Wildman–Crippen MR) is 54.0 cm³/mol. The molecule has 1 amide bonds. The first-order chi connectivity index (χ1) is 6.61. The number of rotatable bonds is 3. The van der Waals surface area contributed by atoms with Crippen LogP contribution in [0.15, 0.2) is 30.3 Å². The quantitative estimate of drug-likeness (QED) is 0.679. The number of carbonyl (C=O) groups is 1. The number of amides is 1. The van der Waals surface area contributed by atoms with Gasteiger partial charge in [0.05, 0.1) is 0 Å². The topological polar surface area (TPSA) is 75.3 Å². The van der Waals surface area contributed by atoms with Crippen molar-refractivity contribution in [2.75, 3.05) is 0 Å². The molecule has 1 aromatic rings. The number of nitrogens with two attached hydrogens (primary N) is 1. The lowest BCUT2D eigenvalue weighted by atomic mass is 10.0. The highest BCUT2D eigenvalue weighted by atomic mass is 16.4. The number of hydrogen-bond donors (Lipinski definition) is 3. The van der Waals surface area contributed by atoms with Gasteiger partial charge in [-0.15, -0.1) is 0 Å². The highest BCUT2D eigenvalue weighted by molar-refractivity contribution is 5.64. The van der Waals surface area contributed by atoms with Gasteiger partial charge < -0.3 is 16.2 Å². The Morgan fingerprint density at radius 2 is 2.00 bits per heavy atom. The van der Waals surface area contributed by atoms with Gasteiger partial charge in [-0.25, -0.2) is 4.79 Å². The third kappa shape index (κ3) is 2.74. The third-order valence-corrected chi connectivity index (χ3v) is 2.07. The molecule has 4 nitrogen and oxygen atoms in total. The van der Waals surface area contributed by atoms with Crippen molar-refractivity contribution in [2.24, 2.45) is 5.73 Å². The second kappa shape index (κ2) is 4.62. The van der Waals surface area contributed by atoms with E-state index in [1.807, 2.05) is 30.3 Å². The lowest BCUT2D eigenvalue weighted by molar-refractivity contribution is 0.189. The van der Waals surface area contributed by atoms with Crippen LogP contribution >= 0.6 is 0 Å². The van der Waals surface area contributed by atoms with E-state index in [9.17, 15) is 4.79 Å². The summed E-state index contributed by atoms with van der Waals surface area (Å²) in [5, 5.41) is 10.8. The van der Waals surface area contributed by atoms with Crippen LogP contribution in [0.3, 0.4) is 0 Å². The van der Waals surface area contributed by atoms with E-state index in [2.05, 4.69) is 5.32 Å². The molecule has 76 valence electrons. The number of benzene rings is 1. The fourth-order valence-corrected chi connectivity index (χ4v) is 1.25. The average Bonchev–Trinajstić information content (AvgIpc) is 2.17. The zero-order chi connectivity index (χ0) is 10.6. The van der Waals surface area contributed by atoms with E-state index in [4.69, 9.17) is 10.8 Å². The largest absolute Gasteiger partial charge is 0.465 e. The summed E-state index contributed by atoms with van der Waals surface area (Å²) in [6.07, 6.45) is -1.05. The van der Waals surface area contributed by atoms with Gasteiger partial charge in [0, 0.05) is 12.1 Å². The number of hydrogen-bond acceptors (Lipinski definition) is 2. The summed E-state index contributed by atoms with van der Waals surface area (Å²) >= 11 is 0. The number of carboxylic acid groups (broad SMARTS) is 1. The molecule has 2 atom stereocenters. The third-order valence-electron chi connectivity index (χ3n) is 2.07. The Morgan fingerprint density at radius 3 is 2.50 bits per heavy atom. The Hall–Kier alpha value is -1.55. The van der Waals surface area contributed by atoms with Crippen molar-refractivity contribution in [1.82, 2.24) is 5.32 Å². The van der Waals surface area contributed by atoms with Crippen LogP contribution in [-0.4, -0.2) is 17.2 Å². The van der Waals surface area contributed by atoms with E-state index in [1.54, 1.807) is 6.92 Å². The van der Waals surface area contributed by atoms with Crippen molar-refractivity contribution in [1.29, 1.82) is 0 Å². The Labute approximate surface area is 82.7 Å². The Kier molecular flexibility index (Phi) is 3.48. The summed E-state index contributed by atoms with van der Waals surface area (Å²) in [5.74, 6) is 0. The molecule has 0 aromatic heterocycles. The molecule has 0 saturated heterocycles. The van der Waals surface area contributed by atoms with Crippen LogP contribution in [0.4, 0.5) is 4.79 Å². The van der Waals surface area contributed by atoms with E-state index in [0.29, 0.717) is 0 Å². The van der Waals surface area contributed by atoms with Gasteiger partial charge in [0.1, 0.15) is 0 Å². The molecule has 4 heteroatoms. The van der Waals surface area contributed by atoms with Gasteiger partial charge in [0.25, 0.3) is 0 Å². The van der Waals surface area contributed by atoms with Gasteiger partial charge >= 0.3 is 6.09 Å². The van der Waals surface area contributed by atoms with Crippen molar-refractivity contribution in [3.8, 4) is 0 Å². The lowest BCUT2D eigenvalue weighted by Crippen LogP contribution is -2.39. The monoisotopic (exact) mass is 194 g/mol. The Bertz CT molecular complexity index is 300. The molecule has 0 aliphatic heterocycles. The molecule has 0 unspecified atom stereocenters. The molecule has 4 N–H and O–H groups in total. The molecular weight excluding hydrogens is 180 g/mol. The van der Waals surface area contributed by atoms with Crippen LogP contribution in [-0.2, 0) is 0 Å². The van der Waals surface area contributed by atoms with Gasteiger partial charge in [-0.1, -0.05) is 30.3 Å². The van der Waals surface area contributed by atoms with Crippen molar-refractivity contribution in [3.63, 3.8) is 0 Å². The van der Waals surface area contributed by atoms with Crippen LogP contribution in [0.5, 0.6) is 0 Å².